The molecule has 1 aromatic heterocycles. The molecule has 0 saturated heterocycles. The minimum absolute atomic E-state index is 0.128. The van der Waals surface area contributed by atoms with Crippen LogP contribution in [-0.2, 0) is 6.42 Å². The number of furan rings is 1. The molecule has 2 atom stereocenters. The highest BCUT2D eigenvalue weighted by atomic mass is 16.3. The second kappa shape index (κ2) is 11.3. The number of nitrogens with zero attached hydrogens (tertiary/aromatic N) is 2. The van der Waals surface area contributed by atoms with E-state index in [4.69, 9.17) is 14.4 Å². The van der Waals surface area contributed by atoms with E-state index < -0.39 is 0 Å². The summed E-state index contributed by atoms with van der Waals surface area (Å²) in [7, 11) is 0. The van der Waals surface area contributed by atoms with Crippen LogP contribution in [0.25, 0.3) is 60.7 Å². The first-order valence-corrected chi connectivity index (χ1v) is 17.2. The summed E-state index contributed by atoms with van der Waals surface area (Å²) in [6.07, 6.45) is 13.8. The molecule has 4 nitrogen and oxygen atoms in total. The second-order valence-electron chi connectivity index (χ2n) is 13.3. The highest BCUT2D eigenvalue weighted by Crippen LogP contribution is 2.38. The van der Waals surface area contributed by atoms with Gasteiger partial charge in [0.2, 0.25) is 0 Å². The molecule has 0 fully saturated rings. The number of rotatable bonds is 4. The Morgan fingerprint density at radius 1 is 0.694 bits per heavy atom. The van der Waals surface area contributed by atoms with Crippen molar-refractivity contribution in [3.05, 3.63) is 162 Å². The topological polar surface area (TPSA) is 49.9 Å². The smallest absolute Gasteiger partial charge is 0.165 e. The molecule has 0 bridgehead atoms. The number of hydrogen-bond acceptors (Lipinski definition) is 4. The van der Waals surface area contributed by atoms with Gasteiger partial charge in [0.25, 0.3) is 0 Å². The zero-order chi connectivity index (χ0) is 32.3. The molecule has 0 spiro atoms. The normalized spacial score (nSPS) is 18.7. The van der Waals surface area contributed by atoms with Crippen molar-refractivity contribution in [2.75, 3.05) is 0 Å². The van der Waals surface area contributed by atoms with Crippen LogP contribution in [0, 0.1) is 5.92 Å². The Hall–Kier alpha value is -6.00. The van der Waals surface area contributed by atoms with Gasteiger partial charge in [-0.1, -0.05) is 121 Å². The molecule has 3 aliphatic rings. The van der Waals surface area contributed by atoms with Gasteiger partial charge in [-0.25, -0.2) is 9.98 Å². The summed E-state index contributed by atoms with van der Waals surface area (Å²) in [4.78, 5) is 10.5. The summed E-state index contributed by atoms with van der Waals surface area (Å²) in [5.41, 5.74) is 9.15. The molecular formula is C45H33N3O. The summed E-state index contributed by atoms with van der Waals surface area (Å²) < 4.78 is 6.21. The van der Waals surface area contributed by atoms with Gasteiger partial charge in [0.1, 0.15) is 22.8 Å². The van der Waals surface area contributed by atoms with Crippen LogP contribution in [0.5, 0.6) is 0 Å². The van der Waals surface area contributed by atoms with Crippen LogP contribution < -0.4 is 5.32 Å². The first-order valence-electron chi connectivity index (χ1n) is 17.2. The Bertz CT molecular complexity index is 2630. The summed E-state index contributed by atoms with van der Waals surface area (Å²) in [6.45, 7) is 0. The van der Waals surface area contributed by atoms with Gasteiger partial charge in [-0.2, -0.15) is 0 Å². The van der Waals surface area contributed by atoms with Crippen LogP contribution in [0.15, 0.2) is 160 Å². The van der Waals surface area contributed by atoms with Gasteiger partial charge >= 0.3 is 0 Å². The molecule has 4 heteroatoms. The standard InChI is InChI=1S/C45H33N3O/c1-2-10-31(11-3-1)43-46-44(48-45(47-43)34-24-21-30-20-19-29-9-4-5-12-36(29)39(30)27-34)33-23-18-28-17-22-32(25-35(28)26-33)37-14-8-16-41-42(37)38-13-6-7-15-40(38)49-41/h1-2,4-10,12-26,34,43H,3,11,27H2,(H,46,47,48). The van der Waals surface area contributed by atoms with Crippen LogP contribution in [0.1, 0.15) is 29.5 Å². The molecule has 2 unspecified atom stereocenters. The van der Waals surface area contributed by atoms with E-state index in [1.807, 2.05) is 12.1 Å². The van der Waals surface area contributed by atoms with E-state index in [0.717, 1.165) is 64.0 Å². The zero-order valence-electron chi connectivity index (χ0n) is 26.9. The van der Waals surface area contributed by atoms with Gasteiger partial charge < -0.3 is 9.73 Å². The summed E-state index contributed by atoms with van der Waals surface area (Å²) in [6, 6.07) is 41.2. The highest BCUT2D eigenvalue weighted by Gasteiger charge is 2.28. The fourth-order valence-corrected chi connectivity index (χ4v) is 7.82. The maximum atomic E-state index is 6.21. The Labute approximate surface area is 284 Å². The molecule has 10 rings (SSSR count). The predicted molar refractivity (Wildman–Crippen MR) is 204 cm³/mol. The van der Waals surface area contributed by atoms with Crippen molar-refractivity contribution in [3.8, 4) is 11.1 Å². The highest BCUT2D eigenvalue weighted by molar-refractivity contribution is 6.15. The molecule has 2 heterocycles. The van der Waals surface area contributed by atoms with Crippen LogP contribution in [0.3, 0.4) is 0 Å². The minimum Gasteiger partial charge on any atom is -0.456 e. The van der Waals surface area contributed by atoms with Gasteiger partial charge in [-0.05, 0) is 92.9 Å². The number of fused-ring (bicyclic) bond motifs is 7. The molecule has 6 aromatic carbocycles. The van der Waals surface area contributed by atoms with Crippen molar-refractivity contribution in [1.82, 2.24) is 5.32 Å². The molecule has 2 aliphatic carbocycles. The molecule has 1 aliphatic heterocycles. The third kappa shape index (κ3) is 4.83. The van der Waals surface area contributed by atoms with E-state index in [2.05, 4.69) is 139 Å². The summed E-state index contributed by atoms with van der Waals surface area (Å²) >= 11 is 0. The lowest BCUT2D eigenvalue weighted by molar-refractivity contribution is 0.669. The van der Waals surface area contributed by atoms with Crippen molar-refractivity contribution in [2.24, 2.45) is 15.9 Å². The Morgan fingerprint density at radius 3 is 2.43 bits per heavy atom. The minimum atomic E-state index is -0.243. The molecular weight excluding hydrogens is 599 g/mol. The number of amidine groups is 2. The van der Waals surface area contributed by atoms with Crippen LogP contribution in [0.2, 0.25) is 0 Å². The van der Waals surface area contributed by atoms with Crippen LogP contribution in [-0.4, -0.2) is 17.8 Å². The van der Waals surface area contributed by atoms with Gasteiger partial charge in [-0.15, -0.1) is 0 Å². The van der Waals surface area contributed by atoms with Gasteiger partial charge in [0.15, 0.2) is 6.17 Å². The average Bonchev–Trinajstić information content (AvgIpc) is 3.56. The third-order valence-electron chi connectivity index (χ3n) is 10.3. The SMILES string of the molecule is C1=CCCC(C2N=C(c3ccc4ccc(-c5cccc6oc7ccccc7c56)cc4c3)NC(C3C=Cc4ccc5ccccc5c4C3)=N2)=C1. The maximum absolute atomic E-state index is 6.21. The molecule has 0 radical (unpaired) electrons. The second-order valence-corrected chi connectivity index (χ2v) is 13.3. The monoisotopic (exact) mass is 631 g/mol. The van der Waals surface area contributed by atoms with Crippen molar-refractivity contribution >= 4 is 61.2 Å². The van der Waals surface area contributed by atoms with E-state index >= 15 is 0 Å². The fraction of sp³-hybridized carbons (Fsp3) is 0.111. The molecule has 7 aromatic rings. The van der Waals surface area contributed by atoms with E-state index in [-0.39, 0.29) is 12.1 Å². The summed E-state index contributed by atoms with van der Waals surface area (Å²) in [5.74, 6) is 1.98. The van der Waals surface area contributed by atoms with E-state index in [9.17, 15) is 0 Å². The maximum Gasteiger partial charge on any atom is 0.165 e. The van der Waals surface area contributed by atoms with Gasteiger partial charge in [0, 0.05) is 22.3 Å². The van der Waals surface area contributed by atoms with Crippen molar-refractivity contribution in [2.45, 2.75) is 25.4 Å². The predicted octanol–water partition coefficient (Wildman–Crippen LogP) is 10.8. The number of aliphatic imine (C=N–C) groups is 2. The Balaban J connectivity index is 1.04. The van der Waals surface area contributed by atoms with Crippen molar-refractivity contribution in [3.63, 3.8) is 0 Å². The number of allylic oxidation sites excluding steroid dienone is 3. The van der Waals surface area contributed by atoms with Crippen molar-refractivity contribution in [1.29, 1.82) is 0 Å². The van der Waals surface area contributed by atoms with Gasteiger partial charge in [-0.3, -0.25) is 0 Å². The van der Waals surface area contributed by atoms with Crippen LogP contribution >= 0.6 is 0 Å². The van der Waals surface area contributed by atoms with E-state index in [1.165, 1.54) is 43.8 Å². The zero-order valence-corrected chi connectivity index (χ0v) is 26.9. The first kappa shape index (κ1) is 28.1. The quantitative estimate of drug-likeness (QED) is 0.210. The third-order valence-corrected chi connectivity index (χ3v) is 10.3. The van der Waals surface area contributed by atoms with Crippen LogP contribution in [0.4, 0.5) is 0 Å². The van der Waals surface area contributed by atoms with E-state index in [1.54, 1.807) is 0 Å². The fourth-order valence-electron chi connectivity index (χ4n) is 7.82. The summed E-state index contributed by atoms with van der Waals surface area (Å²) in [5, 5.41) is 11.0. The van der Waals surface area contributed by atoms with E-state index in [0.29, 0.717) is 0 Å². The molecule has 0 amide bonds. The Morgan fingerprint density at radius 2 is 1.51 bits per heavy atom. The number of benzene rings is 6. The number of para-hydroxylation sites is 1. The molecule has 0 saturated carbocycles. The van der Waals surface area contributed by atoms with Crippen molar-refractivity contribution < 1.29 is 4.42 Å². The molecule has 234 valence electrons. The largest absolute Gasteiger partial charge is 0.456 e. The Kier molecular flexibility index (Phi) is 6.48. The molecule has 1 N–H and O–H groups in total. The average molecular weight is 632 g/mol. The molecule has 49 heavy (non-hydrogen) atoms. The van der Waals surface area contributed by atoms with Gasteiger partial charge in [0.05, 0.1) is 0 Å². The lowest BCUT2D eigenvalue weighted by atomic mass is 9.85. The lowest BCUT2D eigenvalue weighted by Gasteiger charge is -2.29. The lowest BCUT2D eigenvalue weighted by Crippen LogP contribution is -2.42. The number of nitrogens with one attached hydrogen (secondary N) is 1. The first-order chi connectivity index (χ1) is 24.2. The number of hydrogen-bond donors (Lipinski definition) is 1.